The van der Waals surface area contributed by atoms with Crippen LogP contribution in [0.5, 0.6) is 0 Å². The van der Waals surface area contributed by atoms with Gasteiger partial charge in [-0.2, -0.15) is 0 Å². The maximum Gasteiger partial charge on any atom is 0.264 e. The topological polar surface area (TPSA) is 31.2 Å². The molecule has 0 unspecified atom stereocenters. The molecule has 2 heterocycles. The summed E-state index contributed by atoms with van der Waals surface area (Å²) >= 11 is 3.21. The number of rotatable bonds is 2. The molecule has 1 fully saturated rings. The number of nitrogens with zero attached hydrogens (tertiary/aromatic N) is 1. The van der Waals surface area contributed by atoms with E-state index in [1.54, 1.807) is 10.6 Å². The molecule has 0 amide bonds. The van der Waals surface area contributed by atoms with Gasteiger partial charge in [-0.1, -0.05) is 0 Å². The number of aromatic nitrogens is 1. The van der Waals surface area contributed by atoms with Gasteiger partial charge in [0.05, 0.1) is 17.7 Å². The second-order valence-corrected chi connectivity index (χ2v) is 4.07. The van der Waals surface area contributed by atoms with Crippen molar-refractivity contribution in [2.75, 3.05) is 13.2 Å². The number of halogens is 1. The smallest absolute Gasteiger partial charge is 0.264 e. The Balaban J connectivity index is 2.19. The van der Waals surface area contributed by atoms with Crippen LogP contribution in [0.3, 0.4) is 0 Å². The fourth-order valence-corrected chi connectivity index (χ4v) is 1.70. The van der Waals surface area contributed by atoms with Crippen molar-refractivity contribution in [2.45, 2.75) is 6.54 Å². The third-order valence-electron chi connectivity index (χ3n) is 2.14. The van der Waals surface area contributed by atoms with Gasteiger partial charge in [-0.15, -0.1) is 0 Å². The molecule has 0 saturated carbocycles. The van der Waals surface area contributed by atoms with E-state index in [1.165, 1.54) is 0 Å². The molecular weight excluding hydrogens is 234 g/mol. The van der Waals surface area contributed by atoms with Gasteiger partial charge in [0.1, 0.15) is 0 Å². The van der Waals surface area contributed by atoms with Crippen LogP contribution in [0.1, 0.15) is 0 Å². The van der Waals surface area contributed by atoms with Crippen LogP contribution in [0.25, 0.3) is 0 Å². The number of pyridine rings is 1. The lowest BCUT2D eigenvalue weighted by Crippen LogP contribution is -2.34. The molecule has 1 aromatic heterocycles. The molecule has 1 aromatic rings. The van der Waals surface area contributed by atoms with E-state index in [-0.39, 0.29) is 5.56 Å². The first-order valence-electron chi connectivity index (χ1n) is 4.20. The van der Waals surface area contributed by atoms with Gasteiger partial charge in [0.2, 0.25) is 0 Å². The lowest BCUT2D eigenvalue weighted by Gasteiger charge is -2.26. The van der Waals surface area contributed by atoms with Crippen LogP contribution in [-0.2, 0) is 11.3 Å². The Bertz CT molecular complexity index is 357. The summed E-state index contributed by atoms with van der Waals surface area (Å²) in [5.74, 6) is 0.506. The van der Waals surface area contributed by atoms with Crippen molar-refractivity contribution in [2.24, 2.45) is 5.92 Å². The second-order valence-electron chi connectivity index (χ2n) is 3.22. The summed E-state index contributed by atoms with van der Waals surface area (Å²) < 4.78 is 7.39. The van der Waals surface area contributed by atoms with Gasteiger partial charge in [0, 0.05) is 18.7 Å². The molecule has 0 spiro atoms. The highest BCUT2D eigenvalue weighted by Gasteiger charge is 2.19. The Labute approximate surface area is 84.5 Å². The SMILES string of the molecule is O=c1c(Br)cccn1CC1COC1. The summed E-state index contributed by atoms with van der Waals surface area (Å²) in [5, 5.41) is 0. The molecule has 1 saturated heterocycles. The van der Waals surface area contributed by atoms with E-state index in [2.05, 4.69) is 15.9 Å². The fraction of sp³-hybridized carbons (Fsp3) is 0.444. The van der Waals surface area contributed by atoms with E-state index in [9.17, 15) is 4.79 Å². The van der Waals surface area contributed by atoms with E-state index >= 15 is 0 Å². The Kier molecular flexibility index (Phi) is 2.51. The summed E-state index contributed by atoms with van der Waals surface area (Å²) in [6.07, 6.45) is 1.81. The number of hydrogen-bond acceptors (Lipinski definition) is 2. The van der Waals surface area contributed by atoms with E-state index in [1.807, 2.05) is 12.3 Å². The lowest BCUT2D eigenvalue weighted by molar-refractivity contribution is -0.0398. The Morgan fingerprint density at radius 3 is 3.00 bits per heavy atom. The summed E-state index contributed by atoms with van der Waals surface area (Å²) in [7, 11) is 0. The van der Waals surface area contributed by atoms with Gasteiger partial charge in [0.15, 0.2) is 0 Å². The van der Waals surface area contributed by atoms with Crippen molar-refractivity contribution in [3.63, 3.8) is 0 Å². The second kappa shape index (κ2) is 3.64. The van der Waals surface area contributed by atoms with Gasteiger partial charge < -0.3 is 9.30 Å². The molecule has 0 N–H and O–H groups in total. The average molecular weight is 244 g/mol. The molecule has 1 aliphatic rings. The largest absolute Gasteiger partial charge is 0.381 e. The van der Waals surface area contributed by atoms with Gasteiger partial charge >= 0.3 is 0 Å². The van der Waals surface area contributed by atoms with Crippen molar-refractivity contribution in [3.05, 3.63) is 33.2 Å². The minimum absolute atomic E-state index is 0.0365. The van der Waals surface area contributed by atoms with Gasteiger partial charge in [-0.25, -0.2) is 0 Å². The highest BCUT2D eigenvalue weighted by Crippen LogP contribution is 2.12. The van der Waals surface area contributed by atoms with Crippen LogP contribution < -0.4 is 5.56 Å². The molecule has 0 aromatic carbocycles. The molecule has 0 radical (unpaired) electrons. The molecule has 0 aliphatic carbocycles. The van der Waals surface area contributed by atoms with Crippen LogP contribution >= 0.6 is 15.9 Å². The van der Waals surface area contributed by atoms with E-state index in [0.717, 1.165) is 19.8 Å². The van der Waals surface area contributed by atoms with Gasteiger partial charge in [-0.3, -0.25) is 4.79 Å². The zero-order chi connectivity index (χ0) is 9.26. The average Bonchev–Trinajstić information content (AvgIpc) is 2.04. The van der Waals surface area contributed by atoms with Crippen LogP contribution in [0.4, 0.5) is 0 Å². The van der Waals surface area contributed by atoms with Crippen LogP contribution in [0, 0.1) is 5.92 Å². The van der Waals surface area contributed by atoms with Crippen LogP contribution in [0.15, 0.2) is 27.6 Å². The zero-order valence-corrected chi connectivity index (χ0v) is 8.66. The lowest BCUT2D eigenvalue weighted by atomic mass is 10.1. The summed E-state index contributed by atoms with van der Waals surface area (Å²) in [4.78, 5) is 11.5. The van der Waals surface area contributed by atoms with Crippen molar-refractivity contribution < 1.29 is 4.74 Å². The standard InChI is InChI=1S/C9H10BrNO2/c10-8-2-1-3-11(9(8)12)4-7-5-13-6-7/h1-3,7H,4-6H2. The molecule has 3 nitrogen and oxygen atoms in total. The fourth-order valence-electron chi connectivity index (χ4n) is 1.32. The quantitative estimate of drug-likeness (QED) is 0.784. The third kappa shape index (κ3) is 1.84. The van der Waals surface area contributed by atoms with E-state index in [4.69, 9.17) is 4.74 Å². The number of ether oxygens (including phenoxy) is 1. The normalized spacial score (nSPS) is 17.0. The minimum Gasteiger partial charge on any atom is -0.381 e. The molecule has 70 valence electrons. The molecular formula is C9H10BrNO2. The van der Waals surface area contributed by atoms with Crippen molar-refractivity contribution in [1.82, 2.24) is 4.57 Å². The Morgan fingerprint density at radius 2 is 2.38 bits per heavy atom. The minimum atomic E-state index is 0.0365. The first-order valence-corrected chi connectivity index (χ1v) is 4.99. The summed E-state index contributed by atoms with van der Waals surface area (Å²) in [6.45, 7) is 2.32. The molecule has 13 heavy (non-hydrogen) atoms. The monoisotopic (exact) mass is 243 g/mol. The molecule has 1 aliphatic heterocycles. The Hall–Kier alpha value is -0.610. The number of hydrogen-bond donors (Lipinski definition) is 0. The predicted octanol–water partition coefficient (Wildman–Crippen LogP) is 1.26. The molecule has 2 rings (SSSR count). The van der Waals surface area contributed by atoms with E-state index in [0.29, 0.717) is 10.4 Å². The molecule has 4 heteroatoms. The maximum absolute atomic E-state index is 11.5. The first-order chi connectivity index (χ1) is 6.27. The van der Waals surface area contributed by atoms with Crippen molar-refractivity contribution in [1.29, 1.82) is 0 Å². The highest BCUT2D eigenvalue weighted by atomic mass is 79.9. The summed E-state index contributed by atoms with van der Waals surface area (Å²) in [5.41, 5.74) is 0.0365. The van der Waals surface area contributed by atoms with Crippen molar-refractivity contribution >= 4 is 15.9 Å². The highest BCUT2D eigenvalue weighted by molar-refractivity contribution is 9.10. The predicted molar refractivity (Wildman–Crippen MR) is 52.7 cm³/mol. The first kappa shape index (κ1) is 8.97. The Morgan fingerprint density at radius 1 is 1.62 bits per heavy atom. The van der Waals surface area contributed by atoms with Gasteiger partial charge in [-0.05, 0) is 28.1 Å². The van der Waals surface area contributed by atoms with E-state index < -0.39 is 0 Å². The molecule has 0 atom stereocenters. The van der Waals surface area contributed by atoms with Crippen LogP contribution in [0.2, 0.25) is 0 Å². The summed E-state index contributed by atoms with van der Waals surface area (Å²) in [6, 6.07) is 3.63. The maximum atomic E-state index is 11.5. The third-order valence-corrected chi connectivity index (χ3v) is 2.74. The van der Waals surface area contributed by atoms with Crippen LogP contribution in [-0.4, -0.2) is 17.8 Å². The van der Waals surface area contributed by atoms with Gasteiger partial charge in [0.25, 0.3) is 5.56 Å². The zero-order valence-electron chi connectivity index (χ0n) is 7.07. The van der Waals surface area contributed by atoms with Crippen molar-refractivity contribution in [3.8, 4) is 0 Å². The molecule has 0 bridgehead atoms.